The summed E-state index contributed by atoms with van der Waals surface area (Å²) in [5.41, 5.74) is 31.5. The first-order valence-electron chi connectivity index (χ1n) is 29.0. The van der Waals surface area contributed by atoms with Gasteiger partial charge in [0.05, 0.1) is 21.9 Å². The number of hydrogen-bond acceptors (Lipinski definition) is 0. The second kappa shape index (κ2) is 16.2. The van der Waals surface area contributed by atoms with E-state index in [1.165, 1.54) is 144 Å². The number of rotatable bonds is 4. The van der Waals surface area contributed by atoms with E-state index in [-0.39, 0.29) is 17.3 Å². The fourth-order valence-electron chi connectivity index (χ4n) is 16.5. The largest absolute Gasteiger partial charge is 0.355 e. The topological polar surface area (TPSA) is 20.7 Å². The molecule has 0 saturated carbocycles. The summed E-state index contributed by atoms with van der Waals surface area (Å²) in [6, 6.07) is 99.4. The molecule has 5 aliphatic carbocycles. The molecule has 2 aromatic heterocycles. The molecule has 0 fully saturated rings. The molecular formula is C80H50N2. The number of benzene rings is 12. The number of aromatic nitrogens is 2. The summed E-state index contributed by atoms with van der Waals surface area (Å²) in [7, 11) is 0. The highest BCUT2D eigenvalue weighted by Gasteiger charge is 2.57. The van der Waals surface area contributed by atoms with Gasteiger partial charge in [-0.05, 0) is 178 Å². The summed E-state index contributed by atoms with van der Waals surface area (Å²) in [5, 5.41) is 4.96. The highest BCUT2D eigenvalue weighted by atomic mass is 15.0. The first-order valence-corrected chi connectivity index (χ1v) is 29.0. The van der Waals surface area contributed by atoms with Gasteiger partial charge in [-0.2, -0.15) is 0 Å². The quantitative estimate of drug-likeness (QED) is 0.181. The molecular weight excluding hydrogens is 989 g/mol. The van der Waals surface area contributed by atoms with Gasteiger partial charge in [-0.25, -0.2) is 0 Å². The van der Waals surface area contributed by atoms with E-state index in [4.69, 9.17) is 0 Å². The van der Waals surface area contributed by atoms with Gasteiger partial charge in [0, 0.05) is 50.1 Å². The van der Waals surface area contributed by atoms with Crippen molar-refractivity contribution in [1.29, 1.82) is 0 Å². The summed E-state index contributed by atoms with van der Waals surface area (Å²) in [5.74, 6) is 0.562. The number of para-hydroxylation sites is 1. The summed E-state index contributed by atoms with van der Waals surface area (Å²) in [4.78, 5) is 3.61. The fourth-order valence-corrected chi connectivity index (χ4v) is 16.5. The molecule has 2 nitrogen and oxygen atoms in total. The first-order chi connectivity index (χ1) is 40.6. The van der Waals surface area contributed by atoms with Crippen LogP contribution in [0, 0.1) is 5.92 Å². The Morgan fingerprint density at radius 1 is 0.305 bits per heavy atom. The van der Waals surface area contributed by atoms with Gasteiger partial charge < -0.3 is 9.55 Å². The van der Waals surface area contributed by atoms with Crippen LogP contribution in [0.15, 0.2) is 285 Å². The van der Waals surface area contributed by atoms with Crippen LogP contribution in [0.4, 0.5) is 0 Å². The Hall–Kier alpha value is -10.3. The summed E-state index contributed by atoms with van der Waals surface area (Å²) in [6.45, 7) is 0. The van der Waals surface area contributed by atoms with Crippen LogP contribution in [0.1, 0.15) is 50.4 Å². The molecule has 380 valence electrons. The summed E-state index contributed by atoms with van der Waals surface area (Å²) >= 11 is 0. The molecule has 2 unspecified atom stereocenters. The highest BCUT2D eigenvalue weighted by molar-refractivity contribution is 6.12. The molecule has 0 bridgehead atoms. The average Bonchev–Trinajstić information content (AvgIpc) is 2.16. The van der Waals surface area contributed by atoms with Crippen LogP contribution in [0.5, 0.6) is 0 Å². The van der Waals surface area contributed by atoms with Gasteiger partial charge >= 0.3 is 0 Å². The maximum absolute atomic E-state index is 3.61. The van der Waals surface area contributed by atoms with E-state index in [0.717, 1.165) is 16.7 Å². The Balaban J connectivity index is 0.803. The SMILES string of the molecule is C1=CC2c3ccc(-c4ccc5c(c4)c4cc(-c6ccc7c(c6)C6(c8ccccc8-c8ccccc86)c6ccccc6-7)ccc4n5-c4ccc(-c5ccc6[nH]c7ccccc7c6c5)cc4)cc3C3(c4ccccc4-c4ccccc43)C2C=C1. The van der Waals surface area contributed by atoms with Crippen molar-refractivity contribution in [1.82, 2.24) is 9.55 Å². The molecule has 5 aliphatic rings. The molecule has 82 heavy (non-hydrogen) atoms. The molecule has 2 spiro atoms. The lowest BCUT2D eigenvalue weighted by molar-refractivity contribution is 0.465. The van der Waals surface area contributed by atoms with E-state index in [1.807, 2.05) is 0 Å². The molecule has 14 aromatic rings. The number of hydrogen-bond donors (Lipinski definition) is 1. The second-order valence-corrected chi connectivity index (χ2v) is 23.4. The standard InChI is InChI=1S/C80H50N2/c1-8-22-67-55(15-1)56-16-2-9-23-68(56)79(67)71-26-12-5-19-59(71)61-38-31-52(46-73(61)79)50-34-41-77-65(44-50)66-45-51(35-42-78(66)82(77)54-36-29-48(30-37-54)49-33-40-76-64(43-49)63-21-7-14-28-75(63)81-76)53-32-39-62-60-20-6-13-27-72(60)80(74(62)47-53)69-24-10-3-17-57(69)58-18-4-11-25-70(58)80/h1-47,59,71,81H. The normalized spacial score (nSPS) is 16.6. The minimum Gasteiger partial charge on any atom is -0.355 e. The zero-order valence-electron chi connectivity index (χ0n) is 44.7. The molecule has 2 heteroatoms. The predicted molar refractivity (Wildman–Crippen MR) is 339 cm³/mol. The van der Waals surface area contributed by atoms with Crippen LogP contribution in [0.25, 0.3) is 116 Å². The van der Waals surface area contributed by atoms with Crippen molar-refractivity contribution >= 4 is 43.6 Å². The van der Waals surface area contributed by atoms with Gasteiger partial charge in [-0.1, -0.05) is 218 Å². The minimum absolute atomic E-state index is 0.274. The van der Waals surface area contributed by atoms with E-state index < -0.39 is 5.41 Å². The molecule has 19 rings (SSSR count). The van der Waals surface area contributed by atoms with Gasteiger partial charge in [0.2, 0.25) is 0 Å². The number of H-pyrrole nitrogens is 1. The molecule has 0 radical (unpaired) electrons. The maximum atomic E-state index is 3.61. The zero-order chi connectivity index (χ0) is 53.4. The van der Waals surface area contributed by atoms with E-state index in [0.29, 0.717) is 0 Å². The molecule has 2 atom stereocenters. The number of nitrogens with zero attached hydrogens (tertiary/aromatic N) is 1. The number of fused-ring (bicyclic) bond motifs is 26. The van der Waals surface area contributed by atoms with Crippen molar-refractivity contribution < 1.29 is 0 Å². The molecule has 12 aromatic carbocycles. The fraction of sp³-hybridized carbons (Fsp3) is 0.0500. The van der Waals surface area contributed by atoms with Gasteiger partial charge in [0.15, 0.2) is 0 Å². The monoisotopic (exact) mass is 1040 g/mol. The van der Waals surface area contributed by atoms with Gasteiger partial charge in [-0.15, -0.1) is 0 Å². The number of allylic oxidation sites excluding steroid dienone is 4. The van der Waals surface area contributed by atoms with E-state index in [2.05, 4.69) is 295 Å². The van der Waals surface area contributed by atoms with Gasteiger partial charge in [0.1, 0.15) is 0 Å². The second-order valence-electron chi connectivity index (χ2n) is 23.4. The van der Waals surface area contributed by atoms with Crippen LogP contribution in [-0.2, 0) is 10.8 Å². The van der Waals surface area contributed by atoms with Crippen LogP contribution >= 0.6 is 0 Å². The third kappa shape index (κ3) is 5.64. The Bertz CT molecular complexity index is 5080. The molecule has 0 aliphatic heterocycles. The van der Waals surface area contributed by atoms with E-state index in [1.54, 1.807) is 0 Å². The maximum Gasteiger partial charge on any atom is 0.0725 e. The summed E-state index contributed by atoms with van der Waals surface area (Å²) < 4.78 is 2.49. The van der Waals surface area contributed by atoms with Crippen LogP contribution < -0.4 is 0 Å². The van der Waals surface area contributed by atoms with Crippen molar-refractivity contribution in [3.63, 3.8) is 0 Å². The lowest BCUT2D eigenvalue weighted by atomic mass is 9.65. The lowest BCUT2D eigenvalue weighted by Crippen LogP contribution is -2.32. The van der Waals surface area contributed by atoms with Crippen LogP contribution in [-0.4, -0.2) is 9.55 Å². The molecule has 1 N–H and O–H groups in total. The van der Waals surface area contributed by atoms with E-state index in [9.17, 15) is 0 Å². The average molecular weight is 1040 g/mol. The molecule has 2 heterocycles. The Labute approximate surface area is 475 Å². The Kier molecular flexibility index (Phi) is 8.80. The minimum atomic E-state index is -0.418. The van der Waals surface area contributed by atoms with Crippen LogP contribution in [0.3, 0.4) is 0 Å². The van der Waals surface area contributed by atoms with E-state index >= 15 is 0 Å². The third-order valence-corrected chi connectivity index (χ3v) is 19.9. The van der Waals surface area contributed by atoms with Crippen molar-refractivity contribution in [2.45, 2.75) is 16.7 Å². The smallest absolute Gasteiger partial charge is 0.0725 e. The highest BCUT2D eigenvalue weighted by Crippen LogP contribution is 2.66. The summed E-state index contributed by atoms with van der Waals surface area (Å²) in [6.07, 6.45) is 9.47. The van der Waals surface area contributed by atoms with Gasteiger partial charge in [-0.3, -0.25) is 0 Å². The number of nitrogens with one attached hydrogen (secondary N) is 1. The van der Waals surface area contributed by atoms with Crippen molar-refractivity contribution in [3.8, 4) is 72.4 Å². The van der Waals surface area contributed by atoms with Crippen LogP contribution in [0.2, 0.25) is 0 Å². The lowest BCUT2D eigenvalue weighted by Gasteiger charge is -2.36. The Morgan fingerprint density at radius 2 is 0.744 bits per heavy atom. The molecule has 0 saturated heterocycles. The Morgan fingerprint density at radius 3 is 1.38 bits per heavy atom. The first kappa shape index (κ1) is 44.6. The predicted octanol–water partition coefficient (Wildman–Crippen LogP) is 19.9. The zero-order valence-corrected chi connectivity index (χ0v) is 44.7. The van der Waals surface area contributed by atoms with Crippen molar-refractivity contribution in [2.24, 2.45) is 5.92 Å². The van der Waals surface area contributed by atoms with Gasteiger partial charge in [0.25, 0.3) is 0 Å². The molecule has 0 amide bonds. The third-order valence-electron chi connectivity index (χ3n) is 19.9. The van der Waals surface area contributed by atoms with Crippen molar-refractivity contribution in [2.75, 3.05) is 0 Å². The van der Waals surface area contributed by atoms with Crippen molar-refractivity contribution in [3.05, 3.63) is 330 Å². The number of aromatic amines is 1.